The van der Waals surface area contributed by atoms with Crippen LogP contribution in [-0.4, -0.2) is 45.6 Å². The number of thioether (sulfide) groups is 1. The number of rotatable bonds is 9. The quantitative estimate of drug-likeness (QED) is 0.257. The predicted octanol–water partition coefficient (Wildman–Crippen LogP) is 5.49. The lowest BCUT2D eigenvalue weighted by Crippen LogP contribution is -2.36. The number of amides is 4. The Morgan fingerprint density at radius 3 is 2.22 bits per heavy atom. The zero-order chi connectivity index (χ0) is 28.9. The molecular weight excluding hydrogens is 547 g/mol. The third-order valence-electron chi connectivity index (χ3n) is 6.17. The number of halogens is 1. The number of para-hydroxylation sites is 1. The number of hydrogen-bond donors (Lipinski definition) is 2. The summed E-state index contributed by atoms with van der Waals surface area (Å²) < 4.78 is 20.3. The molecule has 1 fully saturated rings. The maximum atomic E-state index is 13.2. The Morgan fingerprint density at radius 2 is 1.54 bits per heavy atom. The molecule has 11 heteroatoms. The van der Waals surface area contributed by atoms with Crippen molar-refractivity contribution in [3.63, 3.8) is 0 Å². The van der Waals surface area contributed by atoms with Crippen molar-refractivity contribution in [1.29, 1.82) is 0 Å². The molecule has 1 aliphatic heterocycles. The van der Waals surface area contributed by atoms with Gasteiger partial charge in [0.25, 0.3) is 11.1 Å². The Balaban J connectivity index is 1.29. The molecule has 3 aromatic carbocycles. The number of fused-ring (bicyclic) bond motifs is 1. The molecule has 0 aliphatic carbocycles. The van der Waals surface area contributed by atoms with Crippen LogP contribution in [-0.2, 0) is 20.9 Å². The third kappa shape index (κ3) is 6.47. The van der Waals surface area contributed by atoms with Gasteiger partial charge in [-0.05, 0) is 79.4 Å². The van der Waals surface area contributed by atoms with Gasteiger partial charge in [0.1, 0.15) is 24.7 Å². The molecule has 0 saturated carbocycles. The number of aromatic nitrogens is 1. The molecule has 1 aliphatic rings. The Bertz CT molecular complexity index is 1660. The first kappa shape index (κ1) is 27.7. The highest BCUT2D eigenvalue weighted by Gasteiger charge is 2.36. The molecule has 0 bridgehead atoms. The second kappa shape index (κ2) is 12.1. The number of ether oxygens (including phenoxy) is 1. The first-order valence-electron chi connectivity index (χ1n) is 12.7. The Morgan fingerprint density at radius 1 is 0.902 bits per heavy atom. The largest absolute Gasteiger partial charge is 0.494 e. The topological polar surface area (TPSA) is 110 Å². The summed E-state index contributed by atoms with van der Waals surface area (Å²) in [7, 11) is 0. The van der Waals surface area contributed by atoms with Crippen LogP contribution < -0.4 is 15.4 Å². The number of hydrogen-bond acceptors (Lipinski definition) is 6. The maximum Gasteiger partial charge on any atom is 0.294 e. The van der Waals surface area contributed by atoms with E-state index in [4.69, 9.17) is 4.74 Å². The lowest BCUT2D eigenvalue weighted by Gasteiger charge is -2.12. The van der Waals surface area contributed by atoms with E-state index in [1.54, 1.807) is 41.1 Å². The predicted molar refractivity (Wildman–Crippen MR) is 156 cm³/mol. The van der Waals surface area contributed by atoms with Crippen LogP contribution in [0.25, 0.3) is 17.0 Å². The minimum atomic E-state index is -0.576. The van der Waals surface area contributed by atoms with Crippen LogP contribution in [0, 0.1) is 5.82 Å². The fraction of sp³-hybridized carbons (Fsp3) is 0.133. The van der Waals surface area contributed by atoms with Crippen molar-refractivity contribution in [2.24, 2.45) is 0 Å². The lowest BCUT2D eigenvalue weighted by atomic mass is 10.1. The zero-order valence-corrected chi connectivity index (χ0v) is 22.7. The summed E-state index contributed by atoms with van der Waals surface area (Å²) in [6.07, 6.45) is 3.31. The van der Waals surface area contributed by atoms with Crippen LogP contribution in [0.15, 0.2) is 83.9 Å². The Labute approximate surface area is 239 Å². The van der Waals surface area contributed by atoms with Crippen LogP contribution in [0.4, 0.5) is 20.6 Å². The molecule has 41 heavy (non-hydrogen) atoms. The van der Waals surface area contributed by atoms with E-state index in [0.717, 1.165) is 27.6 Å². The number of benzene rings is 3. The van der Waals surface area contributed by atoms with Crippen LogP contribution in [0.2, 0.25) is 0 Å². The monoisotopic (exact) mass is 572 g/mol. The van der Waals surface area contributed by atoms with Gasteiger partial charge in [0.15, 0.2) is 0 Å². The fourth-order valence-electron chi connectivity index (χ4n) is 4.33. The van der Waals surface area contributed by atoms with Crippen molar-refractivity contribution >= 4 is 63.1 Å². The second-order valence-corrected chi connectivity index (χ2v) is 10.1. The second-order valence-electron chi connectivity index (χ2n) is 9.06. The standard InChI is InChI=1S/C30H25FN4O5S/c1-2-40-23-13-11-22(12-14-23)33-28(37)18-35-29(38)26(41-30(35)39)15-19-16-34(25-6-4-3-5-24(19)25)17-27(36)32-21-9-7-20(31)8-10-21/h3-16H,2,17-18H2,1H3,(H,32,36)(H,33,37)/b26-15+. The van der Waals surface area contributed by atoms with Gasteiger partial charge in [0.2, 0.25) is 11.8 Å². The molecule has 0 spiro atoms. The molecular formula is C30H25FN4O5S. The van der Waals surface area contributed by atoms with E-state index >= 15 is 0 Å². The third-order valence-corrected chi connectivity index (χ3v) is 7.08. The Kier molecular flexibility index (Phi) is 8.16. The number of carbonyl (C=O) groups is 4. The maximum absolute atomic E-state index is 13.2. The molecule has 1 aromatic heterocycles. The lowest BCUT2D eigenvalue weighted by molar-refractivity contribution is -0.127. The van der Waals surface area contributed by atoms with Gasteiger partial charge in [-0.1, -0.05) is 18.2 Å². The van der Waals surface area contributed by atoms with Crippen molar-refractivity contribution in [2.45, 2.75) is 13.5 Å². The van der Waals surface area contributed by atoms with Crippen molar-refractivity contribution in [2.75, 3.05) is 23.8 Å². The summed E-state index contributed by atoms with van der Waals surface area (Å²) >= 11 is 0.750. The molecule has 4 amide bonds. The molecule has 4 aromatic rings. The minimum absolute atomic E-state index is 0.0288. The average Bonchev–Trinajstić information content (AvgIpc) is 3.42. The highest BCUT2D eigenvalue weighted by atomic mass is 32.2. The molecule has 9 nitrogen and oxygen atoms in total. The van der Waals surface area contributed by atoms with E-state index in [1.165, 1.54) is 24.3 Å². The Hall–Kier alpha value is -4.90. The number of nitrogens with zero attached hydrogens (tertiary/aromatic N) is 2. The van der Waals surface area contributed by atoms with E-state index < -0.39 is 29.4 Å². The first-order valence-corrected chi connectivity index (χ1v) is 13.5. The molecule has 0 unspecified atom stereocenters. The van der Waals surface area contributed by atoms with Crippen LogP contribution in [0.3, 0.4) is 0 Å². The molecule has 208 valence electrons. The van der Waals surface area contributed by atoms with Gasteiger partial charge in [-0.2, -0.15) is 0 Å². The van der Waals surface area contributed by atoms with Crippen LogP contribution in [0.5, 0.6) is 5.75 Å². The van der Waals surface area contributed by atoms with E-state index in [9.17, 15) is 23.6 Å². The summed E-state index contributed by atoms with van der Waals surface area (Å²) in [5, 5.41) is 5.64. The normalized spacial score (nSPS) is 14.1. The highest BCUT2D eigenvalue weighted by Crippen LogP contribution is 2.34. The molecule has 2 heterocycles. The van der Waals surface area contributed by atoms with Gasteiger partial charge in [-0.3, -0.25) is 24.1 Å². The summed E-state index contributed by atoms with van der Waals surface area (Å²) in [6.45, 7) is 1.93. The molecule has 1 saturated heterocycles. The summed E-state index contributed by atoms with van der Waals surface area (Å²) in [5.74, 6) is -1.14. The summed E-state index contributed by atoms with van der Waals surface area (Å²) in [5.41, 5.74) is 2.37. The van der Waals surface area contributed by atoms with E-state index in [0.29, 0.717) is 29.3 Å². The number of anilines is 2. The van der Waals surface area contributed by atoms with E-state index in [2.05, 4.69) is 10.6 Å². The summed E-state index contributed by atoms with van der Waals surface area (Å²) in [6, 6.07) is 19.6. The van der Waals surface area contributed by atoms with Gasteiger partial charge in [-0.15, -0.1) is 0 Å². The van der Waals surface area contributed by atoms with Gasteiger partial charge < -0.3 is 19.9 Å². The zero-order valence-electron chi connectivity index (χ0n) is 21.9. The number of carbonyl (C=O) groups excluding carboxylic acids is 4. The molecule has 0 atom stereocenters. The summed E-state index contributed by atoms with van der Waals surface area (Å²) in [4.78, 5) is 52.1. The van der Waals surface area contributed by atoms with Crippen molar-refractivity contribution < 1.29 is 28.3 Å². The van der Waals surface area contributed by atoms with Crippen LogP contribution >= 0.6 is 11.8 Å². The van der Waals surface area contributed by atoms with E-state index in [-0.39, 0.29) is 17.4 Å². The number of nitrogens with one attached hydrogen (secondary N) is 2. The minimum Gasteiger partial charge on any atom is -0.494 e. The molecule has 0 radical (unpaired) electrons. The van der Waals surface area contributed by atoms with Crippen LogP contribution in [0.1, 0.15) is 12.5 Å². The molecule has 2 N–H and O–H groups in total. The smallest absolute Gasteiger partial charge is 0.294 e. The fourth-order valence-corrected chi connectivity index (χ4v) is 5.16. The van der Waals surface area contributed by atoms with Crippen molar-refractivity contribution in [1.82, 2.24) is 9.47 Å². The number of imide groups is 1. The van der Waals surface area contributed by atoms with Gasteiger partial charge in [0.05, 0.1) is 11.5 Å². The van der Waals surface area contributed by atoms with Gasteiger partial charge in [-0.25, -0.2) is 4.39 Å². The van der Waals surface area contributed by atoms with Crippen molar-refractivity contribution in [3.05, 3.63) is 95.3 Å². The molecule has 5 rings (SSSR count). The average molecular weight is 573 g/mol. The van der Waals surface area contributed by atoms with Gasteiger partial charge in [0, 0.05) is 34.0 Å². The first-order chi connectivity index (χ1) is 19.8. The van der Waals surface area contributed by atoms with Gasteiger partial charge >= 0.3 is 0 Å². The van der Waals surface area contributed by atoms with Crippen molar-refractivity contribution in [3.8, 4) is 5.75 Å². The highest BCUT2D eigenvalue weighted by molar-refractivity contribution is 8.18. The van der Waals surface area contributed by atoms with E-state index in [1.807, 2.05) is 31.2 Å². The SMILES string of the molecule is CCOc1ccc(NC(=O)CN2C(=O)S/C(=C/c3cn(CC(=O)Nc4ccc(F)cc4)c4ccccc34)C2=O)cc1.